The van der Waals surface area contributed by atoms with Crippen LogP contribution in [-0.4, -0.2) is 60.0 Å². The first-order valence-corrected chi connectivity index (χ1v) is 8.39. The van der Waals surface area contributed by atoms with Crippen LogP contribution in [0.3, 0.4) is 0 Å². The van der Waals surface area contributed by atoms with Crippen molar-refractivity contribution in [3.8, 4) is 0 Å². The zero-order chi connectivity index (χ0) is 18.0. The number of carbonyl (C=O) groups excluding carboxylic acids is 4. The van der Waals surface area contributed by atoms with E-state index in [1.807, 2.05) is 0 Å². The van der Waals surface area contributed by atoms with Crippen molar-refractivity contribution in [2.75, 3.05) is 31.5 Å². The van der Waals surface area contributed by atoms with Crippen molar-refractivity contribution in [3.63, 3.8) is 0 Å². The average molecular weight is 343 g/mol. The first-order valence-electron chi connectivity index (χ1n) is 8.39. The number of hydrogen-bond acceptors (Lipinski definition) is 4. The number of ketones is 1. The molecule has 7 heteroatoms. The van der Waals surface area contributed by atoms with Gasteiger partial charge in [-0.25, -0.2) is 0 Å². The van der Waals surface area contributed by atoms with Crippen LogP contribution in [0.5, 0.6) is 0 Å². The Bertz CT molecular complexity index is 710. The van der Waals surface area contributed by atoms with E-state index in [9.17, 15) is 19.2 Å². The molecule has 1 aromatic rings. The molecule has 1 aliphatic heterocycles. The molecule has 7 nitrogen and oxygen atoms in total. The number of piperazine rings is 1. The molecule has 0 radical (unpaired) electrons. The minimum Gasteiger partial charge on any atom is -0.342 e. The number of nitrogens with one attached hydrogen (secondary N) is 1. The predicted octanol–water partition coefficient (Wildman–Crippen LogP) is 0.764. The third-order valence-corrected chi connectivity index (χ3v) is 4.76. The lowest BCUT2D eigenvalue weighted by molar-refractivity contribution is -0.137. The average Bonchev–Trinajstić information content (AvgIpc) is 3.42. The van der Waals surface area contributed by atoms with Gasteiger partial charge in [0.05, 0.1) is 11.8 Å². The Labute approximate surface area is 146 Å². The molecule has 1 aromatic carbocycles. The normalized spacial score (nSPS) is 22.3. The van der Waals surface area contributed by atoms with Gasteiger partial charge >= 0.3 is 0 Å². The monoisotopic (exact) mass is 343 g/mol. The van der Waals surface area contributed by atoms with E-state index in [-0.39, 0.29) is 29.4 Å². The van der Waals surface area contributed by atoms with E-state index in [0.29, 0.717) is 43.9 Å². The van der Waals surface area contributed by atoms with Gasteiger partial charge in [0.2, 0.25) is 18.2 Å². The molecule has 0 aromatic heterocycles. The van der Waals surface area contributed by atoms with Gasteiger partial charge in [-0.3, -0.25) is 19.2 Å². The van der Waals surface area contributed by atoms with Gasteiger partial charge in [0.15, 0.2) is 5.78 Å². The topological polar surface area (TPSA) is 86.8 Å². The molecule has 25 heavy (non-hydrogen) atoms. The minimum absolute atomic E-state index is 0.0109. The molecular weight excluding hydrogens is 322 g/mol. The molecule has 0 spiro atoms. The highest BCUT2D eigenvalue weighted by Crippen LogP contribution is 2.41. The lowest BCUT2D eigenvalue weighted by Crippen LogP contribution is -2.48. The van der Waals surface area contributed by atoms with Crippen LogP contribution in [0.2, 0.25) is 0 Å². The van der Waals surface area contributed by atoms with Crippen LogP contribution in [-0.2, 0) is 14.4 Å². The van der Waals surface area contributed by atoms with Crippen molar-refractivity contribution < 1.29 is 19.2 Å². The van der Waals surface area contributed by atoms with Gasteiger partial charge in [0.25, 0.3) is 0 Å². The summed E-state index contributed by atoms with van der Waals surface area (Å²) >= 11 is 0. The number of benzene rings is 1. The molecule has 2 fully saturated rings. The van der Waals surface area contributed by atoms with Crippen molar-refractivity contribution in [1.29, 1.82) is 0 Å². The molecule has 3 amide bonds. The van der Waals surface area contributed by atoms with Gasteiger partial charge in [-0.1, -0.05) is 12.1 Å². The molecule has 1 aliphatic carbocycles. The number of Topliss-reactive ketones (excluding diaryl/α,β-unsaturated/α-hetero) is 1. The minimum atomic E-state index is -0.322. The lowest BCUT2D eigenvalue weighted by atomic mass is 10.1. The second-order valence-electron chi connectivity index (χ2n) is 6.54. The standard InChI is InChI=1S/C18H21N3O4/c1-12(23)13-3-2-4-14(9-13)19-17(24)15-10-16(15)18(25)21-7-5-20(11-22)6-8-21/h2-4,9,11,15-16H,5-8,10H2,1H3,(H,19,24). The quantitative estimate of drug-likeness (QED) is 0.632. The van der Waals surface area contributed by atoms with Gasteiger partial charge in [0, 0.05) is 37.4 Å². The third kappa shape index (κ3) is 3.87. The van der Waals surface area contributed by atoms with E-state index in [1.54, 1.807) is 34.1 Å². The van der Waals surface area contributed by atoms with Crippen molar-refractivity contribution in [1.82, 2.24) is 9.80 Å². The van der Waals surface area contributed by atoms with Crippen LogP contribution in [0.25, 0.3) is 0 Å². The highest BCUT2D eigenvalue weighted by molar-refractivity contribution is 6.01. The molecule has 2 atom stereocenters. The lowest BCUT2D eigenvalue weighted by Gasteiger charge is -2.32. The summed E-state index contributed by atoms with van der Waals surface area (Å²) in [6.45, 7) is 3.58. The van der Waals surface area contributed by atoms with Crippen LogP contribution in [0, 0.1) is 11.8 Å². The molecule has 1 N–H and O–H groups in total. The highest BCUT2D eigenvalue weighted by atomic mass is 16.2. The maximum Gasteiger partial charge on any atom is 0.228 e. The van der Waals surface area contributed by atoms with Gasteiger partial charge < -0.3 is 15.1 Å². The highest BCUT2D eigenvalue weighted by Gasteiger charge is 2.49. The zero-order valence-corrected chi connectivity index (χ0v) is 14.1. The van der Waals surface area contributed by atoms with E-state index < -0.39 is 0 Å². The fourth-order valence-corrected chi connectivity index (χ4v) is 3.09. The Hall–Kier alpha value is -2.70. The number of hydrogen-bond donors (Lipinski definition) is 1. The van der Waals surface area contributed by atoms with Crippen molar-refractivity contribution in [3.05, 3.63) is 29.8 Å². The van der Waals surface area contributed by atoms with Crippen LogP contribution in [0.1, 0.15) is 23.7 Å². The molecule has 1 saturated heterocycles. The van der Waals surface area contributed by atoms with Gasteiger partial charge in [-0.15, -0.1) is 0 Å². The van der Waals surface area contributed by atoms with Gasteiger partial charge in [-0.05, 0) is 25.5 Å². The molecule has 132 valence electrons. The van der Waals surface area contributed by atoms with Crippen LogP contribution < -0.4 is 5.32 Å². The summed E-state index contributed by atoms with van der Waals surface area (Å²) < 4.78 is 0. The van der Waals surface area contributed by atoms with Crippen molar-refractivity contribution >= 4 is 29.7 Å². The van der Waals surface area contributed by atoms with Gasteiger partial charge in [-0.2, -0.15) is 0 Å². The summed E-state index contributed by atoms with van der Waals surface area (Å²) in [5.41, 5.74) is 1.10. The Balaban J connectivity index is 1.53. The molecule has 2 unspecified atom stereocenters. The van der Waals surface area contributed by atoms with E-state index in [0.717, 1.165) is 6.41 Å². The Kier molecular flexibility index (Phi) is 4.83. The number of anilines is 1. The largest absolute Gasteiger partial charge is 0.342 e. The predicted molar refractivity (Wildman–Crippen MR) is 90.9 cm³/mol. The van der Waals surface area contributed by atoms with E-state index in [1.165, 1.54) is 6.92 Å². The first-order chi connectivity index (χ1) is 12.0. The SMILES string of the molecule is CC(=O)c1cccc(NC(=O)C2CC2C(=O)N2CCN(C=O)CC2)c1. The summed E-state index contributed by atoms with van der Waals surface area (Å²) in [7, 11) is 0. The summed E-state index contributed by atoms with van der Waals surface area (Å²) in [5.74, 6) is -0.866. The number of amides is 3. The summed E-state index contributed by atoms with van der Waals surface area (Å²) in [5, 5.41) is 2.79. The molecule has 0 bridgehead atoms. The molecule has 2 aliphatic rings. The fourth-order valence-electron chi connectivity index (χ4n) is 3.09. The number of carbonyl (C=O) groups is 4. The molecular formula is C18H21N3O4. The second kappa shape index (κ2) is 7.04. The van der Waals surface area contributed by atoms with E-state index in [4.69, 9.17) is 0 Å². The fraction of sp³-hybridized carbons (Fsp3) is 0.444. The van der Waals surface area contributed by atoms with Gasteiger partial charge in [0.1, 0.15) is 0 Å². The Morgan fingerprint density at radius 3 is 2.48 bits per heavy atom. The van der Waals surface area contributed by atoms with Crippen molar-refractivity contribution in [2.24, 2.45) is 11.8 Å². The zero-order valence-electron chi connectivity index (χ0n) is 14.1. The van der Waals surface area contributed by atoms with E-state index in [2.05, 4.69) is 5.32 Å². The van der Waals surface area contributed by atoms with E-state index >= 15 is 0 Å². The summed E-state index contributed by atoms with van der Waals surface area (Å²) in [6.07, 6.45) is 1.34. The molecule has 1 heterocycles. The molecule has 3 rings (SSSR count). The van der Waals surface area contributed by atoms with Crippen molar-refractivity contribution in [2.45, 2.75) is 13.3 Å². The number of nitrogens with zero attached hydrogens (tertiary/aromatic N) is 2. The summed E-state index contributed by atoms with van der Waals surface area (Å²) in [6, 6.07) is 6.77. The van der Waals surface area contributed by atoms with Crippen LogP contribution in [0.4, 0.5) is 5.69 Å². The number of rotatable bonds is 5. The maximum atomic E-state index is 12.5. The smallest absolute Gasteiger partial charge is 0.228 e. The van der Waals surface area contributed by atoms with Crippen LogP contribution >= 0.6 is 0 Å². The maximum absolute atomic E-state index is 12.5. The Morgan fingerprint density at radius 1 is 1.12 bits per heavy atom. The Morgan fingerprint density at radius 2 is 1.84 bits per heavy atom. The molecule has 1 saturated carbocycles. The first kappa shape index (κ1) is 17.1. The van der Waals surface area contributed by atoms with Crippen LogP contribution in [0.15, 0.2) is 24.3 Å². The third-order valence-electron chi connectivity index (χ3n) is 4.76. The summed E-state index contributed by atoms with van der Waals surface area (Å²) in [4.78, 5) is 50.3. The second-order valence-corrected chi connectivity index (χ2v) is 6.54.